The van der Waals surface area contributed by atoms with Gasteiger partial charge in [-0.1, -0.05) is 6.92 Å². The number of hydrogen-bond donors (Lipinski definition) is 2. The van der Waals surface area contributed by atoms with Crippen LogP contribution >= 0.6 is 0 Å². The van der Waals surface area contributed by atoms with Gasteiger partial charge in [-0.15, -0.1) is 0 Å². The van der Waals surface area contributed by atoms with E-state index in [0.717, 1.165) is 70.6 Å². The van der Waals surface area contributed by atoms with Gasteiger partial charge in [-0.25, -0.2) is 4.79 Å². The Kier molecular flexibility index (Phi) is 6.77. The first-order valence-corrected chi connectivity index (χ1v) is 8.55. The molecule has 1 heterocycles. The van der Waals surface area contributed by atoms with Gasteiger partial charge in [-0.2, -0.15) is 0 Å². The van der Waals surface area contributed by atoms with Crippen molar-refractivity contribution in [3.05, 3.63) is 0 Å². The molecule has 5 nitrogen and oxygen atoms in total. The number of likely N-dealkylation sites (tertiary alicyclic amines) is 1. The molecule has 0 spiro atoms. The van der Waals surface area contributed by atoms with Crippen LogP contribution in [0.5, 0.6) is 0 Å². The smallest absolute Gasteiger partial charge is 0.317 e. The van der Waals surface area contributed by atoms with Crippen LogP contribution in [0.2, 0.25) is 0 Å². The third-order valence-corrected chi connectivity index (χ3v) is 4.74. The van der Waals surface area contributed by atoms with Crippen LogP contribution in [0.15, 0.2) is 0 Å². The standard InChI is InChI=1S/C16H31N3O2/c1-13-7-10-19(11-8-13)16(20)18-9-2-12-21-15-5-3-14(17)4-6-15/h13-15H,2-12,17H2,1H3,(H,18,20). The normalized spacial score (nSPS) is 27.6. The van der Waals surface area contributed by atoms with E-state index in [0.29, 0.717) is 18.7 Å². The second-order valence-corrected chi connectivity index (χ2v) is 6.66. The summed E-state index contributed by atoms with van der Waals surface area (Å²) in [4.78, 5) is 13.9. The van der Waals surface area contributed by atoms with E-state index in [9.17, 15) is 4.79 Å². The van der Waals surface area contributed by atoms with Crippen molar-refractivity contribution >= 4 is 6.03 Å². The Bertz CT molecular complexity index is 309. The SMILES string of the molecule is CC1CCN(C(=O)NCCCOC2CCC(N)CC2)CC1. The molecule has 2 fully saturated rings. The van der Waals surface area contributed by atoms with E-state index >= 15 is 0 Å². The molecule has 2 aliphatic rings. The summed E-state index contributed by atoms with van der Waals surface area (Å²) in [5.74, 6) is 0.756. The van der Waals surface area contributed by atoms with Crippen molar-refractivity contribution in [1.82, 2.24) is 10.2 Å². The third kappa shape index (κ3) is 5.83. The molecule has 5 heteroatoms. The van der Waals surface area contributed by atoms with E-state index in [1.807, 2.05) is 4.90 Å². The first-order valence-electron chi connectivity index (χ1n) is 8.55. The number of hydrogen-bond acceptors (Lipinski definition) is 3. The summed E-state index contributed by atoms with van der Waals surface area (Å²) in [5, 5.41) is 3.00. The minimum atomic E-state index is 0.0885. The minimum absolute atomic E-state index is 0.0885. The van der Waals surface area contributed by atoms with Gasteiger partial charge in [0.1, 0.15) is 0 Å². The number of piperidine rings is 1. The van der Waals surface area contributed by atoms with E-state index in [4.69, 9.17) is 10.5 Å². The number of urea groups is 1. The van der Waals surface area contributed by atoms with E-state index in [1.165, 1.54) is 0 Å². The van der Waals surface area contributed by atoms with Gasteiger partial charge < -0.3 is 20.7 Å². The van der Waals surface area contributed by atoms with Crippen molar-refractivity contribution < 1.29 is 9.53 Å². The molecule has 1 saturated carbocycles. The summed E-state index contributed by atoms with van der Waals surface area (Å²) >= 11 is 0. The van der Waals surface area contributed by atoms with E-state index < -0.39 is 0 Å². The van der Waals surface area contributed by atoms with Gasteiger partial charge in [-0.05, 0) is 50.9 Å². The topological polar surface area (TPSA) is 67.6 Å². The number of carbonyl (C=O) groups is 1. The Morgan fingerprint density at radius 1 is 1.19 bits per heavy atom. The molecule has 0 radical (unpaired) electrons. The van der Waals surface area contributed by atoms with Crippen LogP contribution in [0, 0.1) is 5.92 Å². The zero-order valence-corrected chi connectivity index (χ0v) is 13.4. The Morgan fingerprint density at radius 2 is 1.86 bits per heavy atom. The molecule has 3 N–H and O–H groups in total. The van der Waals surface area contributed by atoms with E-state index in [-0.39, 0.29) is 6.03 Å². The summed E-state index contributed by atoms with van der Waals surface area (Å²) in [7, 11) is 0. The minimum Gasteiger partial charge on any atom is -0.378 e. The zero-order chi connectivity index (χ0) is 15.1. The molecule has 1 aliphatic carbocycles. The lowest BCUT2D eigenvalue weighted by molar-refractivity contribution is 0.0242. The van der Waals surface area contributed by atoms with Crippen molar-refractivity contribution in [3.8, 4) is 0 Å². The fourth-order valence-electron chi connectivity index (χ4n) is 3.10. The Hall–Kier alpha value is -0.810. The maximum atomic E-state index is 12.0. The quantitative estimate of drug-likeness (QED) is 0.764. The van der Waals surface area contributed by atoms with Crippen LogP contribution in [0.4, 0.5) is 4.79 Å². The molecule has 0 aromatic rings. The average molecular weight is 297 g/mol. The van der Waals surface area contributed by atoms with Crippen molar-refractivity contribution in [3.63, 3.8) is 0 Å². The Balaban J connectivity index is 1.48. The number of nitrogens with zero attached hydrogens (tertiary/aromatic N) is 1. The maximum absolute atomic E-state index is 12.0. The summed E-state index contributed by atoms with van der Waals surface area (Å²) in [5.41, 5.74) is 5.88. The van der Waals surface area contributed by atoms with Crippen LogP contribution in [0.25, 0.3) is 0 Å². The van der Waals surface area contributed by atoms with Gasteiger partial charge in [0.25, 0.3) is 0 Å². The largest absolute Gasteiger partial charge is 0.378 e. The molecule has 21 heavy (non-hydrogen) atoms. The fraction of sp³-hybridized carbons (Fsp3) is 0.938. The van der Waals surface area contributed by atoms with Gasteiger partial charge in [0.15, 0.2) is 0 Å². The van der Waals surface area contributed by atoms with Gasteiger partial charge in [0.2, 0.25) is 0 Å². The molecule has 2 amide bonds. The molecule has 0 aromatic carbocycles. The molecule has 0 bridgehead atoms. The number of amides is 2. The summed E-state index contributed by atoms with van der Waals surface area (Å²) in [6, 6.07) is 0.460. The Morgan fingerprint density at radius 3 is 2.52 bits per heavy atom. The van der Waals surface area contributed by atoms with Crippen LogP contribution in [0.1, 0.15) is 51.9 Å². The highest BCUT2D eigenvalue weighted by atomic mass is 16.5. The van der Waals surface area contributed by atoms with Crippen LogP contribution in [-0.4, -0.2) is 49.3 Å². The monoisotopic (exact) mass is 297 g/mol. The van der Waals surface area contributed by atoms with Crippen molar-refractivity contribution in [2.24, 2.45) is 11.7 Å². The first-order chi connectivity index (χ1) is 10.1. The third-order valence-electron chi connectivity index (χ3n) is 4.74. The van der Waals surface area contributed by atoms with Crippen molar-refractivity contribution in [1.29, 1.82) is 0 Å². The highest BCUT2D eigenvalue weighted by Crippen LogP contribution is 2.19. The van der Waals surface area contributed by atoms with E-state index in [1.54, 1.807) is 0 Å². The molecule has 0 atom stereocenters. The van der Waals surface area contributed by atoms with E-state index in [2.05, 4.69) is 12.2 Å². The van der Waals surface area contributed by atoms with Gasteiger partial charge >= 0.3 is 6.03 Å². The predicted molar refractivity (Wildman–Crippen MR) is 84.2 cm³/mol. The second-order valence-electron chi connectivity index (χ2n) is 6.66. The average Bonchev–Trinajstić information content (AvgIpc) is 2.49. The van der Waals surface area contributed by atoms with Gasteiger partial charge in [-0.3, -0.25) is 0 Å². The van der Waals surface area contributed by atoms with Gasteiger partial charge in [0.05, 0.1) is 6.10 Å². The molecule has 122 valence electrons. The summed E-state index contributed by atoms with van der Waals surface area (Å²) < 4.78 is 5.85. The van der Waals surface area contributed by atoms with Crippen molar-refractivity contribution in [2.45, 2.75) is 64.0 Å². The lowest BCUT2D eigenvalue weighted by Gasteiger charge is -2.30. The van der Waals surface area contributed by atoms with Crippen LogP contribution in [0.3, 0.4) is 0 Å². The number of ether oxygens (including phenoxy) is 1. The molecular formula is C16H31N3O2. The molecule has 2 rings (SSSR count). The second kappa shape index (κ2) is 8.59. The molecule has 1 saturated heterocycles. The lowest BCUT2D eigenvalue weighted by atomic mass is 9.94. The van der Waals surface area contributed by atoms with Crippen LogP contribution in [-0.2, 0) is 4.74 Å². The number of nitrogens with two attached hydrogens (primary N) is 1. The van der Waals surface area contributed by atoms with Crippen LogP contribution < -0.4 is 11.1 Å². The lowest BCUT2D eigenvalue weighted by Crippen LogP contribution is -2.44. The zero-order valence-electron chi connectivity index (χ0n) is 13.4. The highest BCUT2D eigenvalue weighted by molar-refractivity contribution is 5.74. The maximum Gasteiger partial charge on any atom is 0.317 e. The fourth-order valence-corrected chi connectivity index (χ4v) is 3.10. The number of carbonyl (C=O) groups excluding carboxylic acids is 1. The first kappa shape index (κ1) is 16.6. The molecule has 0 unspecified atom stereocenters. The van der Waals surface area contributed by atoms with Crippen molar-refractivity contribution in [2.75, 3.05) is 26.2 Å². The highest BCUT2D eigenvalue weighted by Gasteiger charge is 2.20. The molecule has 1 aliphatic heterocycles. The summed E-state index contributed by atoms with van der Waals surface area (Å²) in [6.45, 7) is 5.48. The molecular weight excluding hydrogens is 266 g/mol. The number of rotatable bonds is 5. The van der Waals surface area contributed by atoms with Gasteiger partial charge in [0, 0.05) is 32.3 Å². The number of nitrogens with one attached hydrogen (secondary N) is 1. The molecule has 0 aromatic heterocycles. The predicted octanol–water partition coefficient (Wildman–Crippen LogP) is 2.10. The Labute approximate surface area is 128 Å². The summed E-state index contributed by atoms with van der Waals surface area (Å²) in [6.07, 6.45) is 7.84.